The molecule has 2 rings (SSSR count). The second-order valence-electron chi connectivity index (χ2n) is 4.15. The van der Waals surface area contributed by atoms with Crippen LogP contribution >= 0.6 is 11.3 Å². The first-order chi connectivity index (χ1) is 9.78. The minimum absolute atomic E-state index is 0.169. The highest BCUT2D eigenvalue weighted by Crippen LogP contribution is 2.08. The van der Waals surface area contributed by atoms with Gasteiger partial charge in [0.15, 0.2) is 0 Å². The highest BCUT2D eigenvalue weighted by molar-refractivity contribution is 7.09. The van der Waals surface area contributed by atoms with Gasteiger partial charge >= 0.3 is 6.03 Å². The molecule has 2 N–H and O–H groups in total. The van der Waals surface area contributed by atoms with Crippen molar-refractivity contribution in [1.29, 1.82) is 0 Å². The maximum absolute atomic E-state index is 11.6. The Morgan fingerprint density at radius 1 is 1.40 bits per heavy atom. The van der Waals surface area contributed by atoms with Gasteiger partial charge in [0, 0.05) is 30.2 Å². The molecule has 6 heteroatoms. The number of nitrogens with zero attached hydrogens (tertiary/aromatic N) is 1. The molecule has 0 aliphatic rings. The molecule has 106 valence electrons. The van der Waals surface area contributed by atoms with Crippen LogP contribution in [0.4, 0.5) is 4.79 Å². The van der Waals surface area contributed by atoms with Crippen molar-refractivity contribution in [1.82, 2.24) is 15.6 Å². The molecule has 0 spiro atoms. The highest BCUT2D eigenvalue weighted by atomic mass is 32.1. The van der Waals surface area contributed by atoms with E-state index in [0.29, 0.717) is 19.0 Å². The molecule has 0 unspecified atom stereocenters. The molecule has 0 aromatic carbocycles. The number of rotatable bonds is 6. The third-order valence-corrected chi connectivity index (χ3v) is 3.63. The number of amides is 2. The van der Waals surface area contributed by atoms with Crippen molar-refractivity contribution in [3.8, 4) is 5.88 Å². The van der Waals surface area contributed by atoms with Gasteiger partial charge in [-0.15, -0.1) is 11.3 Å². The molecule has 0 saturated carbocycles. The zero-order valence-electron chi connectivity index (χ0n) is 11.3. The van der Waals surface area contributed by atoms with E-state index in [1.807, 2.05) is 17.5 Å². The molecule has 0 bridgehead atoms. The molecule has 2 aromatic rings. The topological polar surface area (TPSA) is 63.2 Å². The molecule has 0 aliphatic heterocycles. The molecule has 2 amide bonds. The first kappa shape index (κ1) is 14.3. The van der Waals surface area contributed by atoms with Crippen LogP contribution in [0.25, 0.3) is 0 Å². The second kappa shape index (κ2) is 7.49. The summed E-state index contributed by atoms with van der Waals surface area (Å²) in [6.07, 6.45) is 2.51. The van der Waals surface area contributed by atoms with E-state index < -0.39 is 0 Å². The van der Waals surface area contributed by atoms with Gasteiger partial charge in [-0.3, -0.25) is 0 Å². The highest BCUT2D eigenvalue weighted by Gasteiger charge is 2.02. The van der Waals surface area contributed by atoms with Crippen LogP contribution in [0.2, 0.25) is 0 Å². The molecule has 0 atom stereocenters. The van der Waals surface area contributed by atoms with Crippen LogP contribution in [0.3, 0.4) is 0 Å². The van der Waals surface area contributed by atoms with Crippen molar-refractivity contribution in [2.75, 3.05) is 13.7 Å². The summed E-state index contributed by atoms with van der Waals surface area (Å²) in [6.45, 7) is 1.08. The van der Waals surface area contributed by atoms with Crippen molar-refractivity contribution in [2.24, 2.45) is 0 Å². The maximum Gasteiger partial charge on any atom is 0.315 e. The Bertz CT molecular complexity index is 543. The van der Waals surface area contributed by atoms with Gasteiger partial charge in [0.25, 0.3) is 0 Å². The van der Waals surface area contributed by atoms with Gasteiger partial charge < -0.3 is 15.4 Å². The van der Waals surface area contributed by atoms with E-state index in [2.05, 4.69) is 21.7 Å². The number of carbonyl (C=O) groups excluding carboxylic acids is 1. The molecular weight excluding hydrogens is 274 g/mol. The Morgan fingerprint density at radius 3 is 3.05 bits per heavy atom. The summed E-state index contributed by atoms with van der Waals surface area (Å²) in [6, 6.07) is 7.54. The summed E-state index contributed by atoms with van der Waals surface area (Å²) >= 11 is 1.70. The van der Waals surface area contributed by atoms with Crippen LogP contribution in [-0.2, 0) is 13.0 Å². The number of aromatic nitrogens is 1. The number of hydrogen-bond donors (Lipinski definition) is 2. The monoisotopic (exact) mass is 291 g/mol. The van der Waals surface area contributed by atoms with E-state index in [1.54, 1.807) is 30.7 Å². The quantitative estimate of drug-likeness (QED) is 0.857. The van der Waals surface area contributed by atoms with Crippen LogP contribution < -0.4 is 15.4 Å². The average molecular weight is 291 g/mol. The van der Waals surface area contributed by atoms with Crippen LogP contribution in [0.1, 0.15) is 10.4 Å². The van der Waals surface area contributed by atoms with E-state index in [4.69, 9.17) is 4.74 Å². The fraction of sp³-hybridized carbons (Fsp3) is 0.286. The SMILES string of the molecule is COc1cc(CNC(=O)NCCc2cccs2)ccn1. The number of hydrogen-bond acceptors (Lipinski definition) is 4. The van der Waals surface area contributed by atoms with Crippen molar-refractivity contribution < 1.29 is 9.53 Å². The third-order valence-electron chi connectivity index (χ3n) is 2.70. The molecule has 2 heterocycles. The van der Waals surface area contributed by atoms with E-state index in [1.165, 1.54) is 4.88 Å². The Balaban J connectivity index is 1.69. The number of urea groups is 1. The number of carbonyl (C=O) groups is 1. The molecule has 0 radical (unpaired) electrons. The molecule has 0 saturated heterocycles. The molecule has 0 fully saturated rings. The Morgan fingerprint density at radius 2 is 2.30 bits per heavy atom. The molecule has 20 heavy (non-hydrogen) atoms. The van der Waals surface area contributed by atoms with Crippen molar-refractivity contribution in [2.45, 2.75) is 13.0 Å². The lowest BCUT2D eigenvalue weighted by Gasteiger charge is -2.07. The van der Waals surface area contributed by atoms with E-state index >= 15 is 0 Å². The summed E-state index contributed by atoms with van der Waals surface area (Å²) in [5, 5.41) is 7.66. The van der Waals surface area contributed by atoms with Gasteiger partial charge in [-0.25, -0.2) is 9.78 Å². The number of thiophene rings is 1. The minimum atomic E-state index is -0.169. The fourth-order valence-corrected chi connectivity index (χ4v) is 2.38. The molecule has 5 nitrogen and oxygen atoms in total. The predicted octanol–water partition coefficient (Wildman–Crippen LogP) is 2.19. The van der Waals surface area contributed by atoms with Gasteiger partial charge in [0.1, 0.15) is 0 Å². The normalized spacial score (nSPS) is 10.1. The van der Waals surface area contributed by atoms with Gasteiger partial charge in [-0.1, -0.05) is 6.07 Å². The predicted molar refractivity (Wildman–Crippen MR) is 79.1 cm³/mol. The number of ether oxygens (including phenoxy) is 1. The van der Waals surface area contributed by atoms with Gasteiger partial charge in [-0.2, -0.15) is 0 Å². The van der Waals surface area contributed by atoms with Crippen LogP contribution in [0.15, 0.2) is 35.8 Å². The summed E-state index contributed by atoms with van der Waals surface area (Å²) in [5.41, 5.74) is 0.949. The van der Waals surface area contributed by atoms with Gasteiger partial charge in [0.2, 0.25) is 5.88 Å². The molecule has 2 aromatic heterocycles. The smallest absolute Gasteiger partial charge is 0.315 e. The molecule has 0 aliphatic carbocycles. The summed E-state index contributed by atoms with van der Waals surface area (Å²) in [7, 11) is 1.57. The Kier molecular flexibility index (Phi) is 5.37. The minimum Gasteiger partial charge on any atom is -0.481 e. The number of pyridine rings is 1. The van der Waals surface area contributed by atoms with Crippen LogP contribution in [0.5, 0.6) is 5.88 Å². The fourth-order valence-electron chi connectivity index (χ4n) is 1.67. The van der Waals surface area contributed by atoms with E-state index in [9.17, 15) is 4.79 Å². The standard InChI is InChI=1S/C14H17N3O2S/c1-19-13-9-11(4-6-15-13)10-17-14(18)16-7-5-12-3-2-8-20-12/h2-4,6,8-9H,5,7,10H2,1H3,(H2,16,17,18). The largest absolute Gasteiger partial charge is 0.481 e. The average Bonchev–Trinajstić information content (AvgIpc) is 2.98. The summed E-state index contributed by atoms with van der Waals surface area (Å²) in [4.78, 5) is 16.9. The van der Waals surface area contributed by atoms with Gasteiger partial charge in [-0.05, 0) is 29.5 Å². The third kappa shape index (κ3) is 4.55. The van der Waals surface area contributed by atoms with Gasteiger partial charge in [0.05, 0.1) is 7.11 Å². The van der Waals surface area contributed by atoms with Crippen molar-refractivity contribution >= 4 is 17.4 Å². The van der Waals surface area contributed by atoms with Crippen LogP contribution in [-0.4, -0.2) is 24.7 Å². The Hall–Kier alpha value is -2.08. The first-order valence-corrected chi connectivity index (χ1v) is 7.19. The summed E-state index contributed by atoms with van der Waals surface area (Å²) in [5.74, 6) is 0.544. The van der Waals surface area contributed by atoms with E-state index in [0.717, 1.165) is 12.0 Å². The lowest BCUT2D eigenvalue weighted by atomic mass is 10.2. The van der Waals surface area contributed by atoms with Crippen LogP contribution in [0, 0.1) is 0 Å². The molecular formula is C14H17N3O2S. The van der Waals surface area contributed by atoms with E-state index in [-0.39, 0.29) is 6.03 Å². The lowest BCUT2D eigenvalue weighted by Crippen LogP contribution is -2.36. The summed E-state index contributed by atoms with van der Waals surface area (Å²) < 4.78 is 5.03. The maximum atomic E-state index is 11.6. The Labute approximate surface area is 122 Å². The number of methoxy groups -OCH3 is 1. The number of nitrogens with one attached hydrogen (secondary N) is 2. The zero-order valence-corrected chi connectivity index (χ0v) is 12.1. The zero-order chi connectivity index (χ0) is 14.2. The van der Waals surface area contributed by atoms with Crippen molar-refractivity contribution in [3.05, 3.63) is 46.3 Å². The van der Waals surface area contributed by atoms with Crippen molar-refractivity contribution in [3.63, 3.8) is 0 Å². The second-order valence-corrected chi connectivity index (χ2v) is 5.18. The lowest BCUT2D eigenvalue weighted by molar-refractivity contribution is 0.240. The first-order valence-electron chi connectivity index (χ1n) is 6.31.